The van der Waals surface area contributed by atoms with Crippen molar-refractivity contribution in [2.24, 2.45) is 0 Å². The van der Waals surface area contributed by atoms with Gasteiger partial charge in [-0.1, -0.05) is 30.3 Å². The highest BCUT2D eigenvalue weighted by molar-refractivity contribution is 5.98. The molecule has 2 fully saturated rings. The number of imide groups is 1. The molecule has 0 bridgehead atoms. The van der Waals surface area contributed by atoms with E-state index in [1.54, 1.807) is 4.90 Å². The van der Waals surface area contributed by atoms with Crippen molar-refractivity contribution in [3.63, 3.8) is 0 Å². The summed E-state index contributed by atoms with van der Waals surface area (Å²) in [5, 5.41) is 4.85. The summed E-state index contributed by atoms with van der Waals surface area (Å²) in [4.78, 5) is 42.9. The largest absolute Gasteiger partial charge is 0.340 e. The second-order valence-electron chi connectivity index (χ2n) is 8.02. The zero-order valence-electron chi connectivity index (χ0n) is 17.1. The normalized spacial score (nSPS) is 22.1. The fourth-order valence-corrected chi connectivity index (χ4v) is 4.26. The van der Waals surface area contributed by atoms with E-state index in [2.05, 4.69) is 34.9 Å². The summed E-state index contributed by atoms with van der Waals surface area (Å²) in [5.41, 5.74) is 4.22. The molecular weight excluding hydrogens is 380 g/mol. The van der Waals surface area contributed by atoms with Gasteiger partial charge in [0.1, 0.15) is 6.04 Å². The van der Waals surface area contributed by atoms with E-state index in [4.69, 9.17) is 4.98 Å². The predicted molar refractivity (Wildman–Crippen MR) is 113 cm³/mol. The maximum Gasteiger partial charge on any atom is 0.322 e. The van der Waals surface area contributed by atoms with Crippen LogP contribution < -0.4 is 10.6 Å². The van der Waals surface area contributed by atoms with Gasteiger partial charge >= 0.3 is 6.03 Å². The first-order chi connectivity index (χ1) is 14.5. The van der Waals surface area contributed by atoms with Crippen LogP contribution in [-0.4, -0.2) is 46.9 Å². The summed E-state index contributed by atoms with van der Waals surface area (Å²) in [5.74, 6) is -0.330. The Balaban J connectivity index is 1.51. The van der Waals surface area contributed by atoms with Gasteiger partial charge in [0.2, 0.25) is 11.8 Å². The average molecular weight is 406 g/mol. The first-order valence-corrected chi connectivity index (χ1v) is 10.4. The molecule has 7 nitrogen and oxygen atoms in total. The number of hydrogen-bond donors (Lipinski definition) is 2. The monoisotopic (exact) mass is 406 g/mol. The Morgan fingerprint density at radius 3 is 2.70 bits per heavy atom. The molecule has 0 spiro atoms. The number of aryl methyl sites for hydroxylation is 1. The summed E-state index contributed by atoms with van der Waals surface area (Å²) >= 11 is 0. The highest BCUT2D eigenvalue weighted by Gasteiger charge is 2.33. The molecule has 2 aliphatic heterocycles. The molecule has 0 unspecified atom stereocenters. The smallest absolute Gasteiger partial charge is 0.322 e. The number of hydrogen-bond acceptors (Lipinski definition) is 4. The molecule has 1 aromatic carbocycles. The van der Waals surface area contributed by atoms with E-state index in [0.717, 1.165) is 35.4 Å². The first-order valence-electron chi connectivity index (χ1n) is 10.4. The molecule has 0 aliphatic carbocycles. The van der Waals surface area contributed by atoms with Gasteiger partial charge in [-0.2, -0.15) is 0 Å². The van der Waals surface area contributed by atoms with E-state index in [1.165, 1.54) is 0 Å². The zero-order valence-corrected chi connectivity index (χ0v) is 17.1. The number of piperidine rings is 1. The van der Waals surface area contributed by atoms with E-state index >= 15 is 0 Å². The SMILES string of the molecule is Cc1cc(-c2ccccc2)cc([C@@H]2CCCN(C(=O)[C@H]3CCC(=O)NC(=O)N3)C2)n1. The molecule has 7 heteroatoms. The van der Waals surface area contributed by atoms with E-state index in [9.17, 15) is 14.4 Å². The molecule has 0 saturated carbocycles. The lowest BCUT2D eigenvalue weighted by atomic mass is 9.91. The molecule has 156 valence electrons. The summed E-state index contributed by atoms with van der Waals surface area (Å²) in [6.07, 6.45) is 2.32. The molecular formula is C23H26N4O3. The highest BCUT2D eigenvalue weighted by atomic mass is 16.2. The Kier molecular flexibility index (Phi) is 5.79. The number of benzene rings is 1. The van der Waals surface area contributed by atoms with Crippen LogP contribution in [0.2, 0.25) is 0 Å². The molecule has 30 heavy (non-hydrogen) atoms. The number of amides is 4. The van der Waals surface area contributed by atoms with Gasteiger partial charge in [0, 0.05) is 36.8 Å². The van der Waals surface area contributed by atoms with Crippen molar-refractivity contribution in [3.05, 3.63) is 53.9 Å². The standard InChI is InChI=1S/C23H26N4O3/c1-15-12-18(16-6-3-2-4-7-16)13-20(24-15)17-8-5-11-27(14-17)22(29)19-9-10-21(28)26-23(30)25-19/h2-4,6-7,12-13,17,19H,5,8-11,14H2,1H3,(H2,25,26,28,30)/t17-,19-/m1/s1. The summed E-state index contributed by atoms with van der Waals surface area (Å²) in [6, 6.07) is 13.1. The molecule has 2 atom stereocenters. The molecule has 4 amide bonds. The minimum absolute atomic E-state index is 0.125. The molecule has 1 aromatic heterocycles. The van der Waals surface area contributed by atoms with E-state index in [-0.39, 0.29) is 24.2 Å². The Hall–Kier alpha value is -3.22. The van der Waals surface area contributed by atoms with Crippen LogP contribution in [0.3, 0.4) is 0 Å². The van der Waals surface area contributed by atoms with Crippen LogP contribution in [0.1, 0.15) is 43.0 Å². The molecule has 3 heterocycles. The number of rotatable bonds is 3. The molecule has 0 radical (unpaired) electrons. The first kappa shape index (κ1) is 20.1. The number of carbonyl (C=O) groups excluding carboxylic acids is 3. The van der Waals surface area contributed by atoms with Gasteiger partial charge in [0.05, 0.1) is 0 Å². The third-order valence-electron chi connectivity index (χ3n) is 5.75. The number of nitrogens with zero attached hydrogens (tertiary/aromatic N) is 2. The summed E-state index contributed by atoms with van der Waals surface area (Å²) < 4.78 is 0. The van der Waals surface area contributed by atoms with Crippen molar-refractivity contribution in [1.29, 1.82) is 0 Å². The molecule has 2 aliphatic rings. The summed E-state index contributed by atoms with van der Waals surface area (Å²) in [6.45, 7) is 3.21. The van der Waals surface area contributed by atoms with Crippen molar-refractivity contribution in [3.8, 4) is 11.1 Å². The molecule has 2 aromatic rings. The van der Waals surface area contributed by atoms with E-state index in [1.807, 2.05) is 25.1 Å². The number of nitrogens with one attached hydrogen (secondary N) is 2. The number of urea groups is 1. The van der Waals surface area contributed by atoms with Crippen LogP contribution >= 0.6 is 0 Å². The van der Waals surface area contributed by atoms with Crippen LogP contribution in [-0.2, 0) is 9.59 Å². The number of aromatic nitrogens is 1. The molecule has 2 saturated heterocycles. The minimum atomic E-state index is -0.666. The third kappa shape index (κ3) is 4.50. The van der Waals surface area contributed by atoms with Gasteiger partial charge in [0.15, 0.2) is 0 Å². The van der Waals surface area contributed by atoms with Crippen LogP contribution in [0.4, 0.5) is 4.79 Å². The van der Waals surface area contributed by atoms with Crippen LogP contribution in [0.25, 0.3) is 11.1 Å². The van der Waals surface area contributed by atoms with Gasteiger partial charge in [-0.15, -0.1) is 0 Å². The van der Waals surface area contributed by atoms with Crippen molar-refractivity contribution in [1.82, 2.24) is 20.5 Å². The molecule has 4 rings (SSSR count). The minimum Gasteiger partial charge on any atom is -0.340 e. The fourth-order valence-electron chi connectivity index (χ4n) is 4.26. The Morgan fingerprint density at radius 2 is 1.90 bits per heavy atom. The van der Waals surface area contributed by atoms with E-state index < -0.39 is 12.1 Å². The Bertz CT molecular complexity index is 960. The quantitative estimate of drug-likeness (QED) is 0.820. The van der Waals surface area contributed by atoms with Crippen molar-refractivity contribution >= 4 is 17.8 Å². The van der Waals surface area contributed by atoms with Crippen LogP contribution in [0.5, 0.6) is 0 Å². The number of likely N-dealkylation sites (tertiary alicyclic amines) is 1. The van der Waals surface area contributed by atoms with E-state index in [0.29, 0.717) is 19.5 Å². The zero-order chi connectivity index (χ0) is 21.1. The second kappa shape index (κ2) is 8.65. The van der Waals surface area contributed by atoms with Gasteiger partial charge < -0.3 is 10.2 Å². The topological polar surface area (TPSA) is 91.4 Å². The second-order valence-corrected chi connectivity index (χ2v) is 8.02. The van der Waals surface area contributed by atoms with Gasteiger partial charge in [-0.25, -0.2) is 4.79 Å². The maximum absolute atomic E-state index is 13.0. The number of pyridine rings is 1. The number of carbonyl (C=O) groups is 3. The molecule has 2 N–H and O–H groups in total. The van der Waals surface area contributed by atoms with Crippen molar-refractivity contribution in [2.75, 3.05) is 13.1 Å². The van der Waals surface area contributed by atoms with Gasteiger partial charge in [-0.05, 0) is 49.4 Å². The lowest BCUT2D eigenvalue weighted by Crippen LogP contribution is -2.51. The van der Waals surface area contributed by atoms with Crippen LogP contribution in [0, 0.1) is 6.92 Å². The lowest BCUT2D eigenvalue weighted by molar-refractivity contribution is -0.134. The highest BCUT2D eigenvalue weighted by Crippen LogP contribution is 2.30. The lowest BCUT2D eigenvalue weighted by Gasteiger charge is -2.34. The third-order valence-corrected chi connectivity index (χ3v) is 5.75. The van der Waals surface area contributed by atoms with Gasteiger partial charge in [0.25, 0.3) is 0 Å². The average Bonchev–Trinajstić information content (AvgIpc) is 2.93. The maximum atomic E-state index is 13.0. The van der Waals surface area contributed by atoms with Gasteiger partial charge in [-0.3, -0.25) is 19.9 Å². The summed E-state index contributed by atoms with van der Waals surface area (Å²) in [7, 11) is 0. The fraction of sp³-hybridized carbons (Fsp3) is 0.391. The van der Waals surface area contributed by atoms with Crippen molar-refractivity contribution in [2.45, 2.75) is 44.6 Å². The van der Waals surface area contributed by atoms with Crippen LogP contribution in [0.15, 0.2) is 42.5 Å². The Morgan fingerprint density at radius 1 is 1.10 bits per heavy atom. The Labute approximate surface area is 175 Å². The van der Waals surface area contributed by atoms with Crippen molar-refractivity contribution < 1.29 is 14.4 Å². The predicted octanol–water partition coefficient (Wildman–Crippen LogP) is 2.75.